The molecule has 0 fully saturated rings. The van der Waals surface area contributed by atoms with Gasteiger partial charge < -0.3 is 0 Å². The second-order valence-electron chi connectivity index (χ2n) is 12.9. The van der Waals surface area contributed by atoms with Gasteiger partial charge in [0.2, 0.25) is 0 Å². The van der Waals surface area contributed by atoms with Gasteiger partial charge in [-0.05, 0) is 52.6 Å². The number of benzene rings is 7. The average Bonchev–Trinajstić information content (AvgIpc) is 3.57. The average molecular weight is 665 g/mol. The molecule has 0 amide bonds. The third kappa shape index (κ3) is 5.16. The van der Waals surface area contributed by atoms with Gasteiger partial charge in [-0.15, -0.1) is 0 Å². The molecule has 0 aliphatic carbocycles. The van der Waals surface area contributed by atoms with Crippen molar-refractivity contribution in [3.8, 4) is 34.5 Å². The molecule has 0 saturated carbocycles. The van der Waals surface area contributed by atoms with Gasteiger partial charge in [0.15, 0.2) is 5.82 Å². The van der Waals surface area contributed by atoms with Crippen LogP contribution in [0.5, 0.6) is 0 Å². The van der Waals surface area contributed by atoms with Gasteiger partial charge in [0.1, 0.15) is 5.82 Å². The zero-order chi connectivity index (χ0) is 34.9. The molecule has 7 aromatic carbocycles. The van der Waals surface area contributed by atoms with Crippen molar-refractivity contribution in [2.45, 2.75) is 5.41 Å². The Morgan fingerprint density at radius 3 is 1.48 bits per heavy atom. The largest absolute Gasteiger partial charge is 0.294 e. The number of para-hydroxylation sites is 2. The van der Waals surface area contributed by atoms with E-state index in [4.69, 9.17) is 9.97 Å². The highest BCUT2D eigenvalue weighted by Gasteiger charge is 2.38. The van der Waals surface area contributed by atoms with Crippen molar-refractivity contribution >= 4 is 21.8 Å². The van der Waals surface area contributed by atoms with Gasteiger partial charge in [0.25, 0.3) is 0 Å². The zero-order valence-corrected chi connectivity index (χ0v) is 28.3. The van der Waals surface area contributed by atoms with E-state index >= 15 is 0 Å². The van der Waals surface area contributed by atoms with E-state index in [2.05, 4.69) is 180 Å². The van der Waals surface area contributed by atoms with Crippen molar-refractivity contribution in [3.63, 3.8) is 0 Å². The SMILES string of the molecule is N#Cc1ccc(-c2cc(-n3c4ccccc4c4ccccc43)nc(-c3cccc(C(c4ccccc4)(c4ccccc4)c4ccccc4)c3)n2)cc1. The van der Waals surface area contributed by atoms with E-state index in [1.165, 1.54) is 27.5 Å². The minimum atomic E-state index is -0.611. The van der Waals surface area contributed by atoms with Gasteiger partial charge in [0, 0.05) is 28.0 Å². The van der Waals surface area contributed by atoms with Crippen molar-refractivity contribution in [1.82, 2.24) is 14.5 Å². The van der Waals surface area contributed by atoms with Crippen LogP contribution in [0.1, 0.15) is 27.8 Å². The maximum absolute atomic E-state index is 9.52. The van der Waals surface area contributed by atoms with Crippen LogP contribution in [-0.2, 0) is 5.41 Å². The van der Waals surface area contributed by atoms with Crippen LogP contribution in [0.2, 0.25) is 0 Å². The van der Waals surface area contributed by atoms with E-state index < -0.39 is 5.41 Å². The molecule has 0 N–H and O–H groups in total. The fourth-order valence-electron chi connectivity index (χ4n) is 7.67. The topological polar surface area (TPSA) is 54.5 Å². The third-order valence-corrected chi connectivity index (χ3v) is 10.0. The lowest BCUT2D eigenvalue weighted by molar-refractivity contribution is 0.745. The van der Waals surface area contributed by atoms with Gasteiger partial charge in [-0.3, -0.25) is 4.57 Å². The molecule has 0 aliphatic heterocycles. The van der Waals surface area contributed by atoms with Gasteiger partial charge in [-0.2, -0.15) is 5.26 Å². The number of nitrogens with zero attached hydrogens (tertiary/aromatic N) is 4. The molecule has 9 aromatic rings. The van der Waals surface area contributed by atoms with Crippen LogP contribution in [0.3, 0.4) is 0 Å². The summed E-state index contributed by atoms with van der Waals surface area (Å²) >= 11 is 0. The van der Waals surface area contributed by atoms with Crippen LogP contribution in [-0.4, -0.2) is 14.5 Å². The standard InChI is InChI=1S/C48H32N4/c49-33-34-27-29-35(30-28-34)43-32-46(52-44-25-12-10-23-41(44)42-24-11-13-26-45(42)52)51-47(50-43)36-15-14-22-40(31-36)48(37-16-4-1-5-17-37,38-18-6-2-7-19-38)39-20-8-3-9-21-39/h1-32H. The summed E-state index contributed by atoms with van der Waals surface area (Å²) in [5, 5.41) is 11.9. The summed E-state index contributed by atoms with van der Waals surface area (Å²) in [6.07, 6.45) is 0. The Hall–Kier alpha value is -7.09. The van der Waals surface area contributed by atoms with Crippen molar-refractivity contribution in [2.75, 3.05) is 0 Å². The molecule has 0 atom stereocenters. The number of aromatic nitrogens is 3. The van der Waals surface area contributed by atoms with Gasteiger partial charge >= 0.3 is 0 Å². The fourth-order valence-corrected chi connectivity index (χ4v) is 7.67. The minimum absolute atomic E-state index is 0.604. The molecular formula is C48H32N4. The first-order valence-electron chi connectivity index (χ1n) is 17.4. The number of fused-ring (bicyclic) bond motifs is 3. The van der Waals surface area contributed by atoms with Crippen molar-refractivity contribution in [1.29, 1.82) is 5.26 Å². The summed E-state index contributed by atoms with van der Waals surface area (Å²) in [6, 6.07) is 69.7. The lowest BCUT2D eigenvalue weighted by atomic mass is 9.65. The highest BCUT2D eigenvalue weighted by molar-refractivity contribution is 6.09. The van der Waals surface area contributed by atoms with Crippen LogP contribution in [0, 0.1) is 11.3 Å². The maximum atomic E-state index is 9.52. The predicted molar refractivity (Wildman–Crippen MR) is 210 cm³/mol. The summed E-state index contributed by atoms with van der Waals surface area (Å²) < 4.78 is 2.23. The third-order valence-electron chi connectivity index (χ3n) is 10.0. The lowest BCUT2D eigenvalue weighted by Gasteiger charge is -2.37. The molecular weight excluding hydrogens is 633 g/mol. The Bertz CT molecular complexity index is 2580. The van der Waals surface area contributed by atoms with Crippen LogP contribution >= 0.6 is 0 Å². The molecule has 0 unspecified atom stereocenters. The summed E-state index contributed by atoms with van der Waals surface area (Å²) in [5.41, 5.74) is 9.35. The van der Waals surface area contributed by atoms with Crippen molar-refractivity contribution in [3.05, 3.63) is 222 Å². The Morgan fingerprint density at radius 2 is 0.942 bits per heavy atom. The van der Waals surface area contributed by atoms with Gasteiger partial charge in [-0.25, -0.2) is 9.97 Å². The Labute approximate surface area is 302 Å². The van der Waals surface area contributed by atoms with Crippen LogP contribution in [0.15, 0.2) is 194 Å². The number of nitriles is 1. The lowest BCUT2D eigenvalue weighted by Crippen LogP contribution is -2.31. The van der Waals surface area contributed by atoms with E-state index in [-0.39, 0.29) is 0 Å². The van der Waals surface area contributed by atoms with E-state index in [1.807, 2.05) is 24.3 Å². The highest BCUT2D eigenvalue weighted by Crippen LogP contribution is 2.46. The van der Waals surface area contributed by atoms with Crippen LogP contribution in [0.25, 0.3) is 50.3 Å². The smallest absolute Gasteiger partial charge is 0.162 e. The Balaban J connectivity index is 1.32. The van der Waals surface area contributed by atoms with E-state index in [1.54, 1.807) is 0 Å². The first-order valence-corrected chi connectivity index (χ1v) is 17.4. The highest BCUT2D eigenvalue weighted by atomic mass is 15.1. The molecule has 0 radical (unpaired) electrons. The number of hydrogen-bond acceptors (Lipinski definition) is 3. The molecule has 0 bridgehead atoms. The summed E-state index contributed by atoms with van der Waals surface area (Å²) in [6.45, 7) is 0. The molecule has 2 aromatic heterocycles. The molecule has 52 heavy (non-hydrogen) atoms. The monoisotopic (exact) mass is 664 g/mol. The molecule has 4 nitrogen and oxygen atoms in total. The second kappa shape index (κ2) is 13.0. The summed E-state index contributed by atoms with van der Waals surface area (Å²) in [7, 11) is 0. The summed E-state index contributed by atoms with van der Waals surface area (Å²) in [5.74, 6) is 1.39. The van der Waals surface area contributed by atoms with Crippen molar-refractivity contribution < 1.29 is 0 Å². The predicted octanol–water partition coefficient (Wildman–Crippen LogP) is 11.2. The quantitative estimate of drug-likeness (QED) is 0.159. The Morgan fingerprint density at radius 1 is 0.442 bits per heavy atom. The number of hydrogen-bond donors (Lipinski definition) is 0. The maximum Gasteiger partial charge on any atom is 0.162 e. The zero-order valence-electron chi connectivity index (χ0n) is 28.3. The minimum Gasteiger partial charge on any atom is -0.294 e. The molecule has 9 rings (SSSR count). The molecule has 244 valence electrons. The second-order valence-corrected chi connectivity index (χ2v) is 12.9. The molecule has 2 heterocycles. The molecule has 0 aliphatic rings. The van der Waals surface area contributed by atoms with E-state index in [0.717, 1.165) is 39.2 Å². The van der Waals surface area contributed by atoms with Gasteiger partial charge in [-0.1, -0.05) is 158 Å². The van der Waals surface area contributed by atoms with Crippen LogP contribution < -0.4 is 0 Å². The molecule has 0 saturated heterocycles. The van der Waals surface area contributed by atoms with Crippen molar-refractivity contribution in [2.24, 2.45) is 0 Å². The molecule has 4 heteroatoms. The van der Waals surface area contributed by atoms with E-state index in [0.29, 0.717) is 11.4 Å². The van der Waals surface area contributed by atoms with E-state index in [9.17, 15) is 5.26 Å². The first-order chi connectivity index (χ1) is 25.7. The normalized spacial score (nSPS) is 11.4. The van der Waals surface area contributed by atoms with Crippen LogP contribution in [0.4, 0.5) is 0 Å². The fraction of sp³-hybridized carbons (Fsp3) is 0.0208. The first kappa shape index (κ1) is 30.9. The van der Waals surface area contributed by atoms with Gasteiger partial charge in [0.05, 0.1) is 33.8 Å². The number of rotatable bonds is 7. The Kier molecular flexibility index (Phi) is 7.72. The summed E-state index contributed by atoms with van der Waals surface area (Å²) in [4.78, 5) is 10.6. The molecule has 0 spiro atoms.